The summed E-state index contributed by atoms with van der Waals surface area (Å²) in [6.07, 6.45) is 5.53. The molecule has 0 saturated heterocycles. The zero-order chi connectivity index (χ0) is 15.7. The summed E-state index contributed by atoms with van der Waals surface area (Å²) in [4.78, 5) is 4.77. The Balaban J connectivity index is 2.29. The monoisotopic (exact) mass is 285 g/mol. The van der Waals surface area contributed by atoms with Crippen LogP contribution in [0.3, 0.4) is 0 Å². The highest BCUT2D eigenvalue weighted by Crippen LogP contribution is 2.31. The normalized spacial score (nSPS) is 15.2. The maximum absolute atomic E-state index is 9.42. The van der Waals surface area contributed by atoms with Crippen molar-refractivity contribution in [1.29, 1.82) is 5.26 Å². The Kier molecular flexibility index (Phi) is 4.27. The van der Waals surface area contributed by atoms with Crippen molar-refractivity contribution in [1.82, 2.24) is 4.98 Å². The van der Waals surface area contributed by atoms with E-state index in [0.29, 0.717) is 5.56 Å². The molecule has 0 spiro atoms. The molecule has 0 unspecified atom stereocenters. The molecule has 0 saturated carbocycles. The van der Waals surface area contributed by atoms with Crippen LogP contribution in [0.5, 0.6) is 0 Å². The molecule has 1 aliphatic carbocycles. The number of hydrogen-bond acceptors (Lipinski definition) is 3. The van der Waals surface area contributed by atoms with Gasteiger partial charge in [0, 0.05) is 11.2 Å². The molecule has 0 fully saturated rings. The number of aromatic nitrogens is 1. The number of rotatable bonds is 3. The first kappa shape index (κ1) is 15.8. The zero-order valence-electron chi connectivity index (χ0n) is 14.0. The Morgan fingerprint density at radius 3 is 2.48 bits per heavy atom. The van der Waals surface area contributed by atoms with Gasteiger partial charge in [-0.05, 0) is 63.0 Å². The first-order valence-corrected chi connectivity index (χ1v) is 7.91. The van der Waals surface area contributed by atoms with Gasteiger partial charge in [0.25, 0.3) is 0 Å². The van der Waals surface area contributed by atoms with Gasteiger partial charge in [0.1, 0.15) is 11.9 Å². The van der Waals surface area contributed by atoms with E-state index in [4.69, 9.17) is 4.98 Å². The lowest BCUT2D eigenvalue weighted by atomic mass is 9.81. The Morgan fingerprint density at radius 2 is 1.86 bits per heavy atom. The topological polar surface area (TPSA) is 48.7 Å². The van der Waals surface area contributed by atoms with Crippen LogP contribution in [0.1, 0.15) is 70.7 Å². The second-order valence-electron chi connectivity index (χ2n) is 8.06. The molecule has 0 atom stereocenters. The van der Waals surface area contributed by atoms with Gasteiger partial charge in [0.2, 0.25) is 0 Å². The quantitative estimate of drug-likeness (QED) is 0.892. The molecule has 2 rings (SSSR count). The third-order valence-corrected chi connectivity index (χ3v) is 3.85. The van der Waals surface area contributed by atoms with Crippen molar-refractivity contribution >= 4 is 5.82 Å². The molecule has 1 aliphatic rings. The summed E-state index contributed by atoms with van der Waals surface area (Å²) in [7, 11) is 0. The zero-order valence-corrected chi connectivity index (χ0v) is 14.0. The maximum Gasteiger partial charge on any atom is 0.144 e. The van der Waals surface area contributed by atoms with Gasteiger partial charge in [-0.1, -0.05) is 20.8 Å². The Hall–Kier alpha value is -1.56. The van der Waals surface area contributed by atoms with E-state index in [2.05, 4.69) is 46.0 Å². The van der Waals surface area contributed by atoms with Gasteiger partial charge in [0.15, 0.2) is 0 Å². The molecule has 114 valence electrons. The number of aryl methyl sites for hydroxylation is 2. The fraction of sp³-hybridized carbons (Fsp3) is 0.667. The summed E-state index contributed by atoms with van der Waals surface area (Å²) in [5, 5.41) is 12.9. The first-order valence-electron chi connectivity index (χ1n) is 7.91. The van der Waals surface area contributed by atoms with Gasteiger partial charge < -0.3 is 5.32 Å². The molecule has 21 heavy (non-hydrogen) atoms. The second-order valence-corrected chi connectivity index (χ2v) is 8.06. The molecule has 3 heteroatoms. The third-order valence-electron chi connectivity index (χ3n) is 3.85. The molecule has 0 aromatic carbocycles. The summed E-state index contributed by atoms with van der Waals surface area (Å²) in [5.74, 6) is 0.757. The highest BCUT2D eigenvalue weighted by atomic mass is 15.1. The molecule has 0 amide bonds. The molecule has 0 aliphatic heterocycles. The SMILES string of the molecule is CC(C)(C)CC(C)(C)Nc1nc2c(cc1C#N)CCCC2. The Labute approximate surface area is 128 Å². The number of nitrogens with zero attached hydrogens (tertiary/aromatic N) is 2. The number of hydrogen-bond donors (Lipinski definition) is 1. The molecule has 0 radical (unpaired) electrons. The van der Waals surface area contributed by atoms with Crippen LogP contribution in [0, 0.1) is 16.7 Å². The summed E-state index contributed by atoms with van der Waals surface area (Å²) < 4.78 is 0. The smallest absolute Gasteiger partial charge is 0.144 e. The number of fused-ring (bicyclic) bond motifs is 1. The summed E-state index contributed by atoms with van der Waals surface area (Å²) in [6, 6.07) is 4.34. The average molecular weight is 285 g/mol. The van der Waals surface area contributed by atoms with E-state index in [9.17, 15) is 5.26 Å². The van der Waals surface area contributed by atoms with E-state index in [1.165, 1.54) is 24.1 Å². The lowest BCUT2D eigenvalue weighted by molar-refractivity contribution is 0.302. The number of anilines is 1. The highest BCUT2D eigenvalue weighted by Gasteiger charge is 2.27. The van der Waals surface area contributed by atoms with Crippen molar-refractivity contribution in [2.45, 2.75) is 72.3 Å². The van der Waals surface area contributed by atoms with Gasteiger partial charge in [0.05, 0.1) is 5.56 Å². The predicted octanol–water partition coefficient (Wildman–Crippen LogP) is 4.46. The van der Waals surface area contributed by atoms with Gasteiger partial charge in [-0.25, -0.2) is 4.98 Å². The first-order chi connectivity index (χ1) is 9.70. The molecule has 1 heterocycles. The summed E-state index contributed by atoms with van der Waals surface area (Å²) in [5.41, 5.74) is 3.26. The molecule has 1 N–H and O–H groups in total. The lowest BCUT2D eigenvalue weighted by Crippen LogP contribution is -2.36. The Bertz CT molecular complexity index is 559. The van der Waals surface area contributed by atoms with Crippen LogP contribution in [0.2, 0.25) is 0 Å². The Morgan fingerprint density at radius 1 is 1.19 bits per heavy atom. The van der Waals surface area contributed by atoms with Crippen molar-refractivity contribution in [2.24, 2.45) is 5.41 Å². The van der Waals surface area contributed by atoms with Crippen LogP contribution in [-0.2, 0) is 12.8 Å². The highest BCUT2D eigenvalue weighted by molar-refractivity contribution is 5.55. The van der Waals surface area contributed by atoms with Crippen molar-refractivity contribution in [3.8, 4) is 6.07 Å². The van der Waals surface area contributed by atoms with E-state index in [1.54, 1.807) is 0 Å². The molecule has 1 aromatic rings. The van der Waals surface area contributed by atoms with E-state index < -0.39 is 0 Å². The molecular weight excluding hydrogens is 258 g/mol. The van der Waals surface area contributed by atoms with Crippen LogP contribution in [0.25, 0.3) is 0 Å². The maximum atomic E-state index is 9.42. The molecular formula is C18H27N3. The minimum atomic E-state index is -0.0836. The minimum Gasteiger partial charge on any atom is -0.364 e. The van der Waals surface area contributed by atoms with Crippen LogP contribution in [0.15, 0.2) is 6.07 Å². The second kappa shape index (κ2) is 5.67. The van der Waals surface area contributed by atoms with E-state index in [0.717, 1.165) is 25.1 Å². The van der Waals surface area contributed by atoms with E-state index in [1.807, 2.05) is 6.07 Å². The minimum absolute atomic E-state index is 0.0836. The molecule has 1 aromatic heterocycles. The van der Waals surface area contributed by atoms with Gasteiger partial charge in [-0.15, -0.1) is 0 Å². The predicted molar refractivity (Wildman–Crippen MR) is 87.4 cm³/mol. The fourth-order valence-electron chi connectivity index (χ4n) is 3.50. The van der Waals surface area contributed by atoms with E-state index >= 15 is 0 Å². The number of pyridine rings is 1. The van der Waals surface area contributed by atoms with Crippen molar-refractivity contribution in [3.63, 3.8) is 0 Å². The van der Waals surface area contributed by atoms with Gasteiger partial charge >= 0.3 is 0 Å². The largest absolute Gasteiger partial charge is 0.364 e. The average Bonchev–Trinajstić information content (AvgIpc) is 2.34. The summed E-state index contributed by atoms with van der Waals surface area (Å²) in [6.45, 7) is 11.1. The summed E-state index contributed by atoms with van der Waals surface area (Å²) >= 11 is 0. The van der Waals surface area contributed by atoms with Gasteiger partial charge in [-0.2, -0.15) is 5.26 Å². The third kappa shape index (κ3) is 4.20. The number of nitriles is 1. The van der Waals surface area contributed by atoms with Gasteiger partial charge in [-0.3, -0.25) is 0 Å². The van der Waals surface area contributed by atoms with E-state index in [-0.39, 0.29) is 11.0 Å². The van der Waals surface area contributed by atoms with Crippen LogP contribution < -0.4 is 5.32 Å². The molecule has 3 nitrogen and oxygen atoms in total. The van der Waals surface area contributed by atoms with Crippen LogP contribution in [0.4, 0.5) is 5.82 Å². The lowest BCUT2D eigenvalue weighted by Gasteiger charge is -2.34. The molecule has 0 bridgehead atoms. The van der Waals surface area contributed by atoms with Crippen molar-refractivity contribution < 1.29 is 0 Å². The fourth-order valence-corrected chi connectivity index (χ4v) is 3.50. The van der Waals surface area contributed by atoms with Crippen molar-refractivity contribution in [3.05, 3.63) is 22.9 Å². The van der Waals surface area contributed by atoms with Crippen LogP contribution in [-0.4, -0.2) is 10.5 Å². The van der Waals surface area contributed by atoms with Crippen LogP contribution >= 0.6 is 0 Å². The van der Waals surface area contributed by atoms with Crippen molar-refractivity contribution in [2.75, 3.05) is 5.32 Å². The standard InChI is InChI=1S/C18H27N3/c1-17(2,3)12-18(4,5)21-16-14(11-19)10-13-8-6-7-9-15(13)20-16/h10H,6-9,12H2,1-5H3,(H,20,21). The number of nitrogens with one attached hydrogen (secondary N) is 1.